The number of rotatable bonds is 6. The summed E-state index contributed by atoms with van der Waals surface area (Å²) in [7, 11) is 0. The highest BCUT2D eigenvalue weighted by molar-refractivity contribution is 6.28. The van der Waals surface area contributed by atoms with Crippen molar-refractivity contribution in [1.29, 1.82) is 0 Å². The molecule has 0 saturated heterocycles. The molecular formula is C65H58N2O2. The zero-order valence-corrected chi connectivity index (χ0v) is 41.4. The zero-order chi connectivity index (χ0) is 47.7. The molecule has 2 heterocycles. The first-order valence-corrected chi connectivity index (χ1v) is 24.5. The predicted octanol–water partition coefficient (Wildman–Crippen LogP) is 18.9. The Morgan fingerprint density at radius 1 is 0.391 bits per heavy atom. The predicted molar refractivity (Wildman–Crippen MR) is 292 cm³/mol. The van der Waals surface area contributed by atoms with E-state index in [0.29, 0.717) is 0 Å². The van der Waals surface area contributed by atoms with Crippen molar-refractivity contribution in [1.82, 2.24) is 0 Å². The summed E-state index contributed by atoms with van der Waals surface area (Å²) in [6.45, 7) is 22.4. The van der Waals surface area contributed by atoms with Gasteiger partial charge in [-0.25, -0.2) is 0 Å². The van der Waals surface area contributed by atoms with Crippen LogP contribution < -0.4 is 14.5 Å². The number of fused-ring (bicyclic) bond motifs is 5. The minimum atomic E-state index is -0.0903. The Kier molecular flexibility index (Phi) is 9.60. The fraction of sp³-hybridized carbons (Fsp3) is 0.200. The summed E-state index contributed by atoms with van der Waals surface area (Å²) in [6.07, 6.45) is 0.806. The number of hydrogen-bond acceptors (Lipinski definition) is 4. The smallest absolute Gasteiger partial charge is 0.159 e. The van der Waals surface area contributed by atoms with Crippen LogP contribution in [-0.4, -0.2) is 0 Å². The number of anilines is 6. The van der Waals surface area contributed by atoms with Crippen molar-refractivity contribution >= 4 is 88.4 Å². The van der Waals surface area contributed by atoms with Crippen LogP contribution in [0.2, 0.25) is 0 Å². The summed E-state index contributed by atoms with van der Waals surface area (Å²) >= 11 is 0. The van der Waals surface area contributed by atoms with Gasteiger partial charge in [-0.1, -0.05) is 163 Å². The molecule has 69 heavy (non-hydrogen) atoms. The van der Waals surface area contributed by atoms with Gasteiger partial charge < -0.3 is 19.0 Å². The molecule has 0 spiro atoms. The first kappa shape index (κ1) is 42.8. The van der Waals surface area contributed by atoms with Crippen molar-refractivity contribution in [2.24, 2.45) is 0 Å². The minimum Gasteiger partial charge on any atom is -0.454 e. The van der Waals surface area contributed by atoms with Gasteiger partial charge in [0.2, 0.25) is 0 Å². The van der Waals surface area contributed by atoms with Crippen molar-refractivity contribution in [3.05, 3.63) is 202 Å². The van der Waals surface area contributed by atoms with Gasteiger partial charge in [-0.15, -0.1) is 0 Å². The fourth-order valence-electron chi connectivity index (χ4n) is 11.2. The molecule has 10 aromatic carbocycles. The van der Waals surface area contributed by atoms with E-state index in [1.807, 2.05) is 0 Å². The summed E-state index contributed by atoms with van der Waals surface area (Å²) in [5.41, 5.74) is 17.8. The lowest BCUT2D eigenvalue weighted by atomic mass is 9.83. The van der Waals surface area contributed by atoms with Crippen LogP contribution in [0.3, 0.4) is 0 Å². The highest BCUT2D eigenvalue weighted by atomic mass is 16.5. The highest BCUT2D eigenvalue weighted by Crippen LogP contribution is 2.54. The third kappa shape index (κ3) is 6.78. The van der Waals surface area contributed by atoms with Crippen molar-refractivity contribution in [2.45, 2.75) is 86.5 Å². The Bertz CT molecular complexity index is 3880. The molecule has 0 atom stereocenters. The van der Waals surface area contributed by atoms with E-state index in [-0.39, 0.29) is 10.8 Å². The molecule has 11 aromatic rings. The van der Waals surface area contributed by atoms with E-state index >= 15 is 0 Å². The molecule has 1 aliphatic rings. The normalized spacial score (nSPS) is 12.8. The monoisotopic (exact) mass is 898 g/mol. The topological polar surface area (TPSA) is 28.9 Å². The van der Waals surface area contributed by atoms with Crippen LogP contribution in [-0.2, 0) is 17.3 Å². The number of ether oxygens (including phenoxy) is 1. The maximum Gasteiger partial charge on any atom is 0.159 e. The molecule has 0 aliphatic carbocycles. The lowest BCUT2D eigenvalue weighted by Crippen LogP contribution is -2.18. The van der Waals surface area contributed by atoms with Crippen LogP contribution in [0.4, 0.5) is 34.1 Å². The third-order valence-corrected chi connectivity index (χ3v) is 14.7. The number of hydrogen-bond donors (Lipinski definition) is 0. The van der Waals surface area contributed by atoms with Crippen LogP contribution in [0.15, 0.2) is 162 Å². The maximum atomic E-state index is 7.25. The molecule has 0 bridgehead atoms. The van der Waals surface area contributed by atoms with E-state index in [0.717, 1.165) is 74.0 Å². The van der Waals surface area contributed by atoms with Gasteiger partial charge in [-0.2, -0.15) is 0 Å². The van der Waals surface area contributed by atoms with Crippen LogP contribution in [0.25, 0.3) is 54.3 Å². The van der Waals surface area contributed by atoms with E-state index in [4.69, 9.17) is 9.15 Å². The maximum absolute atomic E-state index is 7.25. The molecule has 340 valence electrons. The molecule has 12 rings (SSSR count). The lowest BCUT2D eigenvalue weighted by Gasteiger charge is -2.34. The van der Waals surface area contributed by atoms with Gasteiger partial charge in [0, 0.05) is 56.0 Å². The lowest BCUT2D eigenvalue weighted by molar-refractivity contribution is 0.437. The molecule has 1 aromatic heterocycles. The second-order valence-electron chi connectivity index (χ2n) is 21.6. The van der Waals surface area contributed by atoms with Gasteiger partial charge in [-0.3, -0.25) is 0 Å². The Balaban J connectivity index is 1.12. The molecule has 4 nitrogen and oxygen atoms in total. The Morgan fingerprint density at radius 2 is 0.870 bits per heavy atom. The number of para-hydroxylation sites is 4. The first-order chi connectivity index (χ1) is 33.1. The van der Waals surface area contributed by atoms with Gasteiger partial charge >= 0.3 is 0 Å². The van der Waals surface area contributed by atoms with Crippen molar-refractivity contribution in [2.75, 3.05) is 9.80 Å². The highest BCUT2D eigenvalue weighted by Gasteiger charge is 2.31. The molecular weight excluding hydrogens is 841 g/mol. The van der Waals surface area contributed by atoms with Gasteiger partial charge in [0.1, 0.15) is 11.3 Å². The van der Waals surface area contributed by atoms with E-state index in [2.05, 4.69) is 237 Å². The Labute approximate surface area is 405 Å². The molecule has 0 fully saturated rings. The average molecular weight is 899 g/mol. The molecule has 0 amide bonds. The minimum absolute atomic E-state index is 0.0858. The third-order valence-electron chi connectivity index (χ3n) is 14.7. The summed E-state index contributed by atoms with van der Waals surface area (Å²) in [5.74, 6) is 1.89. The summed E-state index contributed by atoms with van der Waals surface area (Å²) < 4.78 is 14.4. The van der Waals surface area contributed by atoms with Gasteiger partial charge in [0.25, 0.3) is 0 Å². The molecule has 4 heteroatoms. The number of aryl methyl sites for hydroxylation is 4. The van der Waals surface area contributed by atoms with Gasteiger partial charge in [0.15, 0.2) is 11.3 Å². The number of furan rings is 1. The molecule has 0 saturated carbocycles. The Hall–Kier alpha value is -7.56. The van der Waals surface area contributed by atoms with Crippen molar-refractivity contribution < 1.29 is 9.15 Å². The van der Waals surface area contributed by atoms with Crippen LogP contribution >= 0.6 is 0 Å². The van der Waals surface area contributed by atoms with Gasteiger partial charge in [0.05, 0.1) is 22.7 Å². The summed E-state index contributed by atoms with van der Waals surface area (Å²) in [4.78, 5) is 4.92. The van der Waals surface area contributed by atoms with E-state index in [1.165, 1.54) is 76.8 Å². The fourth-order valence-corrected chi connectivity index (χ4v) is 11.2. The van der Waals surface area contributed by atoms with Crippen molar-refractivity contribution in [3.63, 3.8) is 0 Å². The van der Waals surface area contributed by atoms with E-state index < -0.39 is 0 Å². The molecule has 1 aliphatic heterocycles. The average Bonchev–Trinajstić information content (AvgIpc) is 3.72. The quantitative estimate of drug-likeness (QED) is 0.156. The molecule has 0 radical (unpaired) electrons. The summed E-state index contributed by atoms with van der Waals surface area (Å²) in [5, 5.41) is 9.49. The second kappa shape index (κ2) is 15.5. The van der Waals surface area contributed by atoms with Crippen molar-refractivity contribution in [3.8, 4) is 11.5 Å². The molecule has 0 unspecified atom stereocenters. The van der Waals surface area contributed by atoms with Crippen LogP contribution in [0.5, 0.6) is 11.5 Å². The molecule has 0 N–H and O–H groups in total. The van der Waals surface area contributed by atoms with E-state index in [1.54, 1.807) is 0 Å². The standard InChI is InChI=1S/C65H58N2O2/c1-38-23-25-40(3)56(35-38)66(54-21-12-16-45-37-44-15-11-19-50(64(5,6)7)60(44)68-61(45)54)52-33-29-42-28-32-49-53(34-30-43-27-31-48(52)58(42)59(43)49)67(57-36-39(2)24-26-41(57)4)55-22-14-18-47-46-17-13-20-51(65(8,9)10)62(46)69-63(47)55/h11-36H,37H2,1-10H3. The van der Waals surface area contributed by atoms with E-state index in [9.17, 15) is 0 Å². The van der Waals surface area contributed by atoms with Gasteiger partial charge in [-0.05, 0) is 124 Å². The van der Waals surface area contributed by atoms with Crippen LogP contribution in [0, 0.1) is 27.7 Å². The number of nitrogens with zero attached hydrogens (tertiary/aromatic N) is 2. The second-order valence-corrected chi connectivity index (χ2v) is 21.6. The summed E-state index contributed by atoms with van der Waals surface area (Å²) in [6, 6.07) is 58.6. The zero-order valence-electron chi connectivity index (χ0n) is 41.4. The largest absolute Gasteiger partial charge is 0.454 e. The number of benzene rings is 10. The van der Waals surface area contributed by atoms with Crippen LogP contribution in [0.1, 0.15) is 86.1 Å². The SMILES string of the molecule is Cc1ccc(C)c(N(c2cccc3c2Oc2c(cccc2C(C)(C)C)C3)c2ccc3ccc4c(N(c5cc(C)ccc5C)c5cccc6c5oc5c(C(C)(C)C)cccc56)ccc5ccc2c3c54)c1. The Morgan fingerprint density at radius 3 is 1.46 bits per heavy atom. The first-order valence-electron chi connectivity index (χ1n) is 24.5.